The quantitative estimate of drug-likeness (QED) is 0.245. The van der Waals surface area contributed by atoms with Gasteiger partial charge in [-0.2, -0.15) is 18.7 Å². The summed E-state index contributed by atoms with van der Waals surface area (Å²) < 4.78 is 17.2. The number of hydrogen-bond acceptors (Lipinski definition) is 5. The van der Waals surface area contributed by atoms with Crippen molar-refractivity contribution >= 4 is 20.7 Å². The van der Waals surface area contributed by atoms with Crippen LogP contribution in [0.3, 0.4) is 0 Å². The summed E-state index contributed by atoms with van der Waals surface area (Å²) in [4.78, 5) is 0. The van der Waals surface area contributed by atoms with Crippen molar-refractivity contribution in [2.45, 2.75) is 119 Å². The summed E-state index contributed by atoms with van der Waals surface area (Å²) >= 11 is 0. The van der Waals surface area contributed by atoms with E-state index in [9.17, 15) is 0 Å². The van der Waals surface area contributed by atoms with Gasteiger partial charge in [0.2, 0.25) is 5.45 Å². The number of benzene rings is 1. The van der Waals surface area contributed by atoms with E-state index in [2.05, 4.69) is 138 Å². The Hall–Kier alpha value is -0.410. The first-order valence-corrected chi connectivity index (χ1v) is 17.2. The van der Waals surface area contributed by atoms with Gasteiger partial charge < -0.3 is 0 Å². The van der Waals surface area contributed by atoms with Crippen LogP contribution in [0.4, 0.5) is 0 Å². The summed E-state index contributed by atoms with van der Waals surface area (Å²) in [6.07, 6.45) is 0. The van der Waals surface area contributed by atoms with Crippen molar-refractivity contribution < 1.29 is 0 Å². The maximum atomic E-state index is 6.01. The molecule has 0 amide bonds. The monoisotopic (exact) mass is 520 g/mol. The molecular weight excluding hydrogens is 468 g/mol. The molecule has 0 bridgehead atoms. The molecule has 7 heteroatoms. The first kappa shape index (κ1) is 29.2. The van der Waals surface area contributed by atoms with Gasteiger partial charge in [0.1, 0.15) is 7.56 Å². The topological polar surface area (TPSA) is 25.3 Å². The van der Waals surface area contributed by atoms with Crippen LogP contribution in [0.5, 0.6) is 0 Å². The molecule has 0 aromatic heterocycles. The van der Waals surface area contributed by atoms with E-state index in [1.165, 1.54) is 11.0 Å². The molecule has 0 N–H and O–H groups in total. The van der Waals surface area contributed by atoms with Crippen molar-refractivity contribution in [2.75, 3.05) is 13.1 Å². The highest BCUT2D eigenvalue weighted by atomic mass is 31.3. The van der Waals surface area contributed by atoms with E-state index in [0.29, 0.717) is 36.3 Å². The Morgan fingerprint density at radius 1 is 0.686 bits per heavy atom. The maximum Gasteiger partial charge on any atom is 0.233 e. The standard InChI is InChI=1S/C28H52N5P2/c1-21(2)30-18-19-31(22(3)4)35(30)20-34(32(23(5)6)24(7)8,33(25(9)10)26(11)12)28(29-35)27-16-14-13-15-17-27/h13-17,20-26H,18-19H2,1-12H3/q+1. The highest BCUT2D eigenvalue weighted by Gasteiger charge is 2.70. The fourth-order valence-corrected chi connectivity index (χ4v) is 18.9. The van der Waals surface area contributed by atoms with Gasteiger partial charge in [-0.3, -0.25) is 0 Å². The van der Waals surface area contributed by atoms with Crippen LogP contribution in [0.2, 0.25) is 0 Å². The molecule has 0 atom stereocenters. The summed E-state index contributed by atoms with van der Waals surface area (Å²) in [6, 6.07) is 13.7. The highest BCUT2D eigenvalue weighted by Crippen LogP contribution is 2.92. The molecule has 0 radical (unpaired) electrons. The van der Waals surface area contributed by atoms with Crippen molar-refractivity contribution in [2.24, 2.45) is 4.76 Å². The van der Waals surface area contributed by atoms with Gasteiger partial charge in [-0.25, -0.2) is 0 Å². The minimum atomic E-state index is -2.13. The lowest BCUT2D eigenvalue weighted by atomic mass is 10.2. The molecule has 1 aromatic carbocycles. The molecule has 35 heavy (non-hydrogen) atoms. The predicted molar refractivity (Wildman–Crippen MR) is 159 cm³/mol. The second kappa shape index (κ2) is 11.1. The number of rotatable bonds is 9. The van der Waals surface area contributed by atoms with Crippen molar-refractivity contribution in [3.05, 3.63) is 41.8 Å². The Labute approximate surface area is 218 Å². The molecule has 2 aliphatic heterocycles. The predicted octanol–water partition coefficient (Wildman–Crippen LogP) is 7.85. The maximum absolute atomic E-state index is 6.01. The molecule has 5 nitrogen and oxygen atoms in total. The normalized spacial score (nSPS) is 21.0. The van der Waals surface area contributed by atoms with Crippen LogP contribution < -0.4 is 0 Å². The van der Waals surface area contributed by atoms with Crippen molar-refractivity contribution in [1.29, 1.82) is 0 Å². The third-order valence-corrected chi connectivity index (χ3v) is 17.5. The fraction of sp³-hybridized carbons (Fsp3) is 0.714. The van der Waals surface area contributed by atoms with Gasteiger partial charge in [0.15, 0.2) is 7.71 Å². The molecule has 0 unspecified atom stereocenters. The SMILES string of the molecule is CC(C)N1CCN(C(C)C)[P+]12[CH-][P+](N(C(C)C)C(C)C)(N(C(C)C)C(C)C)C(c1ccccc1)=N2. The van der Waals surface area contributed by atoms with Crippen LogP contribution in [0.25, 0.3) is 0 Å². The minimum absolute atomic E-state index is 0.411. The van der Waals surface area contributed by atoms with Gasteiger partial charge in [-0.15, -0.1) is 0 Å². The van der Waals surface area contributed by atoms with Gasteiger partial charge in [0, 0.05) is 41.8 Å². The molecule has 2 aliphatic rings. The summed E-state index contributed by atoms with van der Waals surface area (Å²) in [5.41, 5.74) is 2.64. The molecule has 0 aliphatic carbocycles. The molecular formula is C28H52N5P2+. The molecule has 1 fully saturated rings. The van der Waals surface area contributed by atoms with Crippen molar-refractivity contribution in [3.8, 4) is 0 Å². The second-order valence-corrected chi connectivity index (χ2v) is 17.8. The van der Waals surface area contributed by atoms with E-state index in [-0.39, 0.29) is 0 Å². The first-order valence-electron chi connectivity index (χ1n) is 13.7. The largest absolute Gasteiger partial charge is 0.233 e. The molecule has 1 spiro atoms. The molecule has 1 saturated heterocycles. The zero-order valence-corrected chi connectivity index (χ0v) is 26.3. The summed E-state index contributed by atoms with van der Waals surface area (Å²) in [5, 5.41) is 0. The summed E-state index contributed by atoms with van der Waals surface area (Å²) in [7, 11) is -4.18. The molecule has 3 rings (SSSR count). The van der Waals surface area contributed by atoms with Gasteiger partial charge in [-0.1, -0.05) is 23.0 Å². The third-order valence-electron chi connectivity index (χ3n) is 7.23. The van der Waals surface area contributed by atoms with Crippen molar-refractivity contribution in [1.82, 2.24) is 18.7 Å². The van der Waals surface area contributed by atoms with Crippen LogP contribution in [-0.4, -0.2) is 73.5 Å². The molecule has 198 valence electrons. The average molecular weight is 521 g/mol. The second-order valence-electron chi connectivity index (χ2n) is 11.8. The summed E-state index contributed by atoms with van der Waals surface area (Å²) in [5.74, 6) is 2.86. The third kappa shape index (κ3) is 5.04. The van der Waals surface area contributed by atoms with Crippen LogP contribution in [0.15, 0.2) is 35.1 Å². The van der Waals surface area contributed by atoms with Crippen molar-refractivity contribution in [3.63, 3.8) is 0 Å². The molecule has 2 heterocycles. The van der Waals surface area contributed by atoms with E-state index in [1.807, 2.05) is 0 Å². The molecule has 0 saturated carbocycles. The Bertz CT molecular complexity index is 813. The number of hydrogen-bond donors (Lipinski definition) is 0. The smallest absolute Gasteiger partial charge is 0.177 e. The Morgan fingerprint density at radius 3 is 1.43 bits per heavy atom. The fourth-order valence-electron chi connectivity index (χ4n) is 6.49. The van der Waals surface area contributed by atoms with Gasteiger partial charge >= 0.3 is 0 Å². The van der Waals surface area contributed by atoms with Gasteiger partial charge in [-0.05, 0) is 95.2 Å². The lowest BCUT2D eigenvalue weighted by Crippen LogP contribution is -2.50. The van der Waals surface area contributed by atoms with E-state index in [1.54, 1.807) is 0 Å². The lowest BCUT2D eigenvalue weighted by molar-refractivity contribution is 0.254. The Morgan fingerprint density at radius 2 is 1.09 bits per heavy atom. The van der Waals surface area contributed by atoms with E-state index < -0.39 is 15.3 Å². The zero-order chi connectivity index (χ0) is 26.3. The lowest BCUT2D eigenvalue weighted by Gasteiger charge is -2.52. The zero-order valence-electron chi connectivity index (χ0n) is 24.5. The minimum Gasteiger partial charge on any atom is -0.177 e. The number of nitrogens with zero attached hydrogens (tertiary/aromatic N) is 5. The average Bonchev–Trinajstić information content (AvgIpc) is 3.26. The van der Waals surface area contributed by atoms with E-state index in [0.717, 1.165) is 13.1 Å². The molecule has 1 aromatic rings. The Balaban J connectivity index is 2.44. The van der Waals surface area contributed by atoms with E-state index >= 15 is 0 Å². The highest BCUT2D eigenvalue weighted by molar-refractivity contribution is 8.03. The van der Waals surface area contributed by atoms with Crippen LogP contribution in [0.1, 0.15) is 88.6 Å². The van der Waals surface area contributed by atoms with Crippen LogP contribution >= 0.6 is 15.3 Å². The van der Waals surface area contributed by atoms with Gasteiger partial charge in [0.05, 0.1) is 19.0 Å². The Kier molecular flexibility index (Phi) is 9.28. The van der Waals surface area contributed by atoms with Crippen LogP contribution in [-0.2, 0) is 0 Å². The van der Waals surface area contributed by atoms with Crippen LogP contribution in [0, 0.1) is 5.90 Å². The van der Waals surface area contributed by atoms with Gasteiger partial charge in [0.25, 0.3) is 0 Å². The summed E-state index contributed by atoms with van der Waals surface area (Å²) in [6.45, 7) is 30.7. The first-order chi connectivity index (χ1) is 16.3. The van der Waals surface area contributed by atoms with E-state index in [4.69, 9.17) is 4.76 Å².